The fourth-order valence-electron chi connectivity index (χ4n) is 4.05. The predicted molar refractivity (Wildman–Crippen MR) is 145 cm³/mol. The Hall–Kier alpha value is -2.42. The van der Waals surface area contributed by atoms with Gasteiger partial charge in [0.1, 0.15) is 0 Å². The summed E-state index contributed by atoms with van der Waals surface area (Å²) in [5.74, 6) is 0. The molecule has 33 heavy (non-hydrogen) atoms. The second-order valence-electron chi connectivity index (χ2n) is 9.02. The predicted octanol–water partition coefficient (Wildman–Crippen LogP) is 7.60. The van der Waals surface area contributed by atoms with E-state index in [1.807, 2.05) is 0 Å². The fourth-order valence-corrected chi connectivity index (χ4v) is 4.05. The molecule has 3 aromatic rings. The van der Waals surface area contributed by atoms with E-state index < -0.39 is 0 Å². The number of rotatable bonds is 11. The highest BCUT2D eigenvalue weighted by molar-refractivity contribution is 5.32. The summed E-state index contributed by atoms with van der Waals surface area (Å²) >= 11 is 0. The third-order valence-electron chi connectivity index (χ3n) is 5.92. The number of hydrogen-bond acceptors (Lipinski definition) is 2. The molecule has 0 aliphatic rings. The first kappa shape index (κ1) is 26.8. The lowest BCUT2D eigenvalue weighted by Gasteiger charge is -2.33. The third-order valence-corrected chi connectivity index (χ3v) is 5.92. The topological polar surface area (TPSA) is 6.48 Å². The molecule has 0 bridgehead atoms. The van der Waals surface area contributed by atoms with Crippen molar-refractivity contribution in [3.8, 4) is 0 Å². The maximum Gasteiger partial charge on any atom is 0.0605 e. The molecule has 0 N–H and O–H groups in total. The first-order chi connectivity index (χ1) is 16.1. The summed E-state index contributed by atoms with van der Waals surface area (Å²) in [4.78, 5) is 4.88. The number of benzene rings is 3. The molecule has 3 aromatic carbocycles. The van der Waals surface area contributed by atoms with E-state index in [1.54, 1.807) is 0 Å². The van der Waals surface area contributed by atoms with Crippen LogP contribution in [-0.4, -0.2) is 37.0 Å². The van der Waals surface area contributed by atoms with Gasteiger partial charge in [0.05, 0.1) is 6.04 Å². The van der Waals surface area contributed by atoms with Crippen molar-refractivity contribution in [2.75, 3.05) is 27.2 Å². The van der Waals surface area contributed by atoms with E-state index in [4.69, 9.17) is 0 Å². The van der Waals surface area contributed by atoms with Gasteiger partial charge in [-0.2, -0.15) is 0 Å². The van der Waals surface area contributed by atoms with Gasteiger partial charge in [0.2, 0.25) is 0 Å². The number of unbranched alkanes of at least 4 members (excludes halogenated alkanes) is 2. The number of likely N-dealkylation sites (N-methyl/N-ethyl adjacent to an activating group) is 1. The zero-order chi connectivity index (χ0) is 23.9. The second-order valence-corrected chi connectivity index (χ2v) is 9.02. The van der Waals surface area contributed by atoms with Gasteiger partial charge in [-0.05, 0) is 42.8 Å². The third kappa shape index (κ3) is 9.53. The lowest BCUT2D eigenvalue weighted by atomic mass is 9.96. The van der Waals surface area contributed by atoms with Gasteiger partial charge in [-0.25, -0.2) is 0 Å². The minimum Gasteiger partial charge on any atom is -0.308 e. The average Bonchev–Trinajstić information content (AvgIpc) is 2.85. The Kier molecular flexibility index (Phi) is 12.5. The van der Waals surface area contributed by atoms with E-state index in [-0.39, 0.29) is 6.04 Å². The molecule has 0 aliphatic heterocycles. The van der Waals surface area contributed by atoms with Crippen LogP contribution in [0.15, 0.2) is 84.9 Å². The average molecular weight is 445 g/mol. The highest BCUT2D eigenvalue weighted by Gasteiger charge is 2.22. The van der Waals surface area contributed by atoms with Gasteiger partial charge in [0.15, 0.2) is 0 Å². The van der Waals surface area contributed by atoms with Crippen LogP contribution in [0.1, 0.15) is 68.3 Å². The molecule has 0 fully saturated rings. The smallest absolute Gasteiger partial charge is 0.0605 e. The monoisotopic (exact) mass is 444 g/mol. The quantitative estimate of drug-likeness (QED) is 0.300. The summed E-state index contributed by atoms with van der Waals surface area (Å²) in [6.45, 7) is 9.63. The lowest BCUT2D eigenvalue weighted by molar-refractivity contribution is 0.194. The van der Waals surface area contributed by atoms with Crippen LogP contribution in [0.5, 0.6) is 0 Å². The van der Waals surface area contributed by atoms with Crippen LogP contribution < -0.4 is 0 Å². The SMILES string of the molecule is CCCCC.CCc1cccc(CN(CCN(C)C)C(c2ccccc2)c2ccccc2)c1. The van der Waals surface area contributed by atoms with Crippen molar-refractivity contribution < 1.29 is 0 Å². The largest absolute Gasteiger partial charge is 0.308 e. The minimum absolute atomic E-state index is 0.243. The number of nitrogens with zero attached hydrogens (tertiary/aromatic N) is 2. The summed E-state index contributed by atoms with van der Waals surface area (Å²) < 4.78 is 0. The van der Waals surface area contributed by atoms with Crippen molar-refractivity contribution in [3.63, 3.8) is 0 Å². The van der Waals surface area contributed by atoms with Crippen molar-refractivity contribution in [2.24, 2.45) is 0 Å². The van der Waals surface area contributed by atoms with Crippen LogP contribution in [0.2, 0.25) is 0 Å². The molecule has 0 unspecified atom stereocenters. The Morgan fingerprint density at radius 2 is 1.18 bits per heavy atom. The number of aryl methyl sites for hydroxylation is 1. The molecule has 0 atom stereocenters. The van der Waals surface area contributed by atoms with Gasteiger partial charge >= 0.3 is 0 Å². The van der Waals surface area contributed by atoms with Gasteiger partial charge in [-0.3, -0.25) is 4.90 Å². The van der Waals surface area contributed by atoms with Gasteiger partial charge in [-0.15, -0.1) is 0 Å². The van der Waals surface area contributed by atoms with E-state index in [9.17, 15) is 0 Å². The molecular formula is C31H44N2. The second kappa shape index (κ2) is 15.4. The zero-order valence-corrected chi connectivity index (χ0v) is 21.5. The molecule has 2 nitrogen and oxygen atoms in total. The molecule has 0 amide bonds. The molecule has 0 saturated heterocycles. The molecule has 2 heteroatoms. The Bertz CT molecular complexity index is 832. The summed E-state index contributed by atoms with van der Waals surface area (Å²) in [6, 6.07) is 31.1. The molecule has 0 aromatic heterocycles. The standard InChI is InChI=1S/C26H32N2.C5H12/c1-4-22-12-11-13-23(20-22)21-28(19-18-27(2)3)26(24-14-7-5-8-15-24)25-16-9-6-10-17-25;1-3-5-4-2/h5-17,20,26H,4,18-19,21H2,1-3H3;3-5H2,1-2H3. The molecule has 0 spiro atoms. The lowest BCUT2D eigenvalue weighted by Crippen LogP contribution is -2.35. The molecule has 3 rings (SSSR count). The van der Waals surface area contributed by atoms with E-state index in [1.165, 1.54) is 41.5 Å². The molecule has 0 radical (unpaired) electrons. The Labute approximate surface area is 203 Å². The Morgan fingerprint density at radius 1 is 0.636 bits per heavy atom. The van der Waals surface area contributed by atoms with Crippen molar-refractivity contribution in [2.45, 2.75) is 59.0 Å². The molecular weight excluding hydrogens is 400 g/mol. The van der Waals surface area contributed by atoms with Crippen molar-refractivity contribution in [3.05, 3.63) is 107 Å². The van der Waals surface area contributed by atoms with Crippen molar-refractivity contribution >= 4 is 0 Å². The fraction of sp³-hybridized carbons (Fsp3) is 0.419. The first-order valence-electron chi connectivity index (χ1n) is 12.6. The molecule has 0 saturated carbocycles. The van der Waals surface area contributed by atoms with Gasteiger partial charge in [0, 0.05) is 19.6 Å². The van der Waals surface area contributed by atoms with Crippen LogP contribution in [0.3, 0.4) is 0 Å². The molecule has 0 heterocycles. The molecule has 0 aliphatic carbocycles. The van der Waals surface area contributed by atoms with Crippen LogP contribution in [0, 0.1) is 0 Å². The Balaban J connectivity index is 0.000000696. The minimum atomic E-state index is 0.243. The van der Waals surface area contributed by atoms with Gasteiger partial charge < -0.3 is 4.90 Å². The maximum atomic E-state index is 2.61. The van der Waals surface area contributed by atoms with Crippen molar-refractivity contribution in [1.82, 2.24) is 9.80 Å². The van der Waals surface area contributed by atoms with E-state index in [2.05, 4.69) is 130 Å². The maximum absolute atomic E-state index is 2.61. The van der Waals surface area contributed by atoms with E-state index in [0.717, 1.165) is 26.1 Å². The van der Waals surface area contributed by atoms with Gasteiger partial charge in [0.25, 0.3) is 0 Å². The summed E-state index contributed by atoms with van der Waals surface area (Å²) in [5.41, 5.74) is 5.48. The zero-order valence-electron chi connectivity index (χ0n) is 21.5. The normalized spacial score (nSPS) is 11.0. The van der Waals surface area contributed by atoms with Gasteiger partial charge in [-0.1, -0.05) is 125 Å². The number of hydrogen-bond donors (Lipinski definition) is 0. The Morgan fingerprint density at radius 3 is 1.64 bits per heavy atom. The highest BCUT2D eigenvalue weighted by atomic mass is 15.2. The molecule has 178 valence electrons. The summed E-state index contributed by atoms with van der Waals surface area (Å²) in [6.07, 6.45) is 5.15. The summed E-state index contributed by atoms with van der Waals surface area (Å²) in [5, 5.41) is 0. The van der Waals surface area contributed by atoms with Crippen LogP contribution >= 0.6 is 0 Å². The van der Waals surface area contributed by atoms with E-state index in [0.29, 0.717) is 0 Å². The first-order valence-corrected chi connectivity index (χ1v) is 12.6. The van der Waals surface area contributed by atoms with Crippen molar-refractivity contribution in [1.29, 1.82) is 0 Å². The van der Waals surface area contributed by atoms with Crippen LogP contribution in [-0.2, 0) is 13.0 Å². The van der Waals surface area contributed by atoms with E-state index >= 15 is 0 Å². The van der Waals surface area contributed by atoms with Crippen LogP contribution in [0.4, 0.5) is 0 Å². The highest BCUT2D eigenvalue weighted by Crippen LogP contribution is 2.30. The van der Waals surface area contributed by atoms with Crippen LogP contribution in [0.25, 0.3) is 0 Å². The summed E-state index contributed by atoms with van der Waals surface area (Å²) in [7, 11) is 4.30.